The maximum absolute atomic E-state index is 13.3. The first-order valence-electron chi connectivity index (χ1n) is 16.3. The Morgan fingerprint density at radius 1 is 0.974 bits per heavy atom. The van der Waals surface area contributed by atoms with Gasteiger partial charge in [-0.15, -0.1) is 0 Å². The molecule has 0 unspecified atom stereocenters. The van der Waals surface area contributed by atoms with Gasteiger partial charge in [-0.05, 0) is 124 Å². The summed E-state index contributed by atoms with van der Waals surface area (Å²) in [6.45, 7) is 7.56. The third kappa shape index (κ3) is 5.24. The summed E-state index contributed by atoms with van der Waals surface area (Å²) in [4.78, 5) is 29.3. The van der Waals surface area contributed by atoms with Gasteiger partial charge in [0.1, 0.15) is 0 Å². The molecule has 0 spiro atoms. The van der Waals surface area contributed by atoms with E-state index in [1.165, 1.54) is 32.1 Å². The highest BCUT2D eigenvalue weighted by Gasteiger charge is 2.59. The second kappa shape index (κ2) is 11.1. The monoisotopic (exact) mass is 540 g/mol. The molecule has 0 radical (unpaired) electrons. The van der Waals surface area contributed by atoms with Crippen LogP contribution in [0.1, 0.15) is 111 Å². The molecule has 0 heterocycles. The Bertz CT molecular complexity index is 952. The lowest BCUT2D eigenvalue weighted by Gasteiger charge is -2.58. The van der Waals surface area contributed by atoms with E-state index < -0.39 is 0 Å². The summed E-state index contributed by atoms with van der Waals surface area (Å²) in [7, 11) is 5.68. The van der Waals surface area contributed by atoms with Crippen molar-refractivity contribution in [1.82, 2.24) is 9.80 Å². The minimum atomic E-state index is -0.129. The average molecular weight is 541 g/mol. The molecule has 4 saturated carbocycles. The van der Waals surface area contributed by atoms with Crippen LogP contribution in [-0.2, 0) is 9.59 Å². The van der Waals surface area contributed by atoms with E-state index in [2.05, 4.69) is 26.8 Å². The van der Waals surface area contributed by atoms with Gasteiger partial charge in [0, 0.05) is 39.5 Å². The van der Waals surface area contributed by atoms with Gasteiger partial charge in [-0.1, -0.05) is 32.4 Å². The molecule has 8 atom stereocenters. The number of aliphatic hydroxyl groups is 1. The lowest BCUT2D eigenvalue weighted by molar-refractivity contribution is -0.136. The van der Waals surface area contributed by atoms with Crippen LogP contribution in [0.5, 0.6) is 0 Å². The van der Waals surface area contributed by atoms with Gasteiger partial charge in [0.2, 0.25) is 11.8 Å². The highest BCUT2D eigenvalue weighted by molar-refractivity contribution is 5.78. The topological polar surface area (TPSA) is 60.9 Å². The van der Waals surface area contributed by atoms with Crippen LogP contribution in [0.15, 0.2) is 11.6 Å². The molecule has 5 heteroatoms. The van der Waals surface area contributed by atoms with Crippen LogP contribution < -0.4 is 0 Å². The zero-order valence-corrected chi connectivity index (χ0v) is 25.8. The smallest absolute Gasteiger partial charge is 0.225 e. The minimum absolute atomic E-state index is 0.129. The first-order valence-corrected chi connectivity index (χ1v) is 16.3. The van der Waals surface area contributed by atoms with E-state index in [4.69, 9.17) is 0 Å². The molecule has 0 aromatic carbocycles. The molecule has 0 bridgehead atoms. The fourth-order valence-corrected chi connectivity index (χ4v) is 10.6. The molecule has 0 aliphatic heterocycles. The van der Waals surface area contributed by atoms with Crippen LogP contribution >= 0.6 is 0 Å². The molecule has 5 aliphatic rings. The summed E-state index contributed by atoms with van der Waals surface area (Å²) in [5.41, 5.74) is 2.28. The third-order valence-electron chi connectivity index (χ3n) is 13.1. The molecular weight excluding hydrogens is 484 g/mol. The fraction of sp³-hybridized carbons (Fsp3) is 0.882. The summed E-state index contributed by atoms with van der Waals surface area (Å²) in [5.74, 6) is 4.36. The standard InChI is InChI=1S/C34H56N2O3/c1-22(7-16-31(38)36(6)25-11-8-23(9-12-25)32(39)35(4)5)28-14-15-29-27-13-10-24-21-26(37)17-19-33(24,2)30(27)18-20-34(28,29)3/h10,22-23,25-30,37H,7-9,11-21H2,1-6H3/t22-,23?,25?,26-,27-,28+,29-,30-,33-,34+/m0/s1. The van der Waals surface area contributed by atoms with Gasteiger partial charge in [0.25, 0.3) is 0 Å². The van der Waals surface area contributed by atoms with E-state index in [1.807, 2.05) is 26.0 Å². The predicted octanol–water partition coefficient (Wildman–Crippen LogP) is 6.45. The molecule has 5 nitrogen and oxygen atoms in total. The molecule has 39 heavy (non-hydrogen) atoms. The van der Waals surface area contributed by atoms with Crippen LogP contribution in [-0.4, -0.2) is 60.0 Å². The first-order chi connectivity index (χ1) is 18.5. The number of carbonyl (C=O) groups excluding carboxylic acids is 2. The Balaban J connectivity index is 1.15. The number of rotatable bonds is 6. The molecule has 5 aliphatic carbocycles. The van der Waals surface area contributed by atoms with Gasteiger partial charge < -0.3 is 14.9 Å². The molecule has 2 amide bonds. The van der Waals surface area contributed by atoms with E-state index in [1.54, 1.807) is 10.5 Å². The zero-order valence-electron chi connectivity index (χ0n) is 25.8. The van der Waals surface area contributed by atoms with E-state index in [0.29, 0.717) is 29.1 Å². The number of hydrogen-bond donors (Lipinski definition) is 1. The Hall–Kier alpha value is -1.36. The van der Waals surface area contributed by atoms with Crippen molar-refractivity contribution in [2.24, 2.45) is 46.3 Å². The Labute approximate surface area is 238 Å². The number of fused-ring (bicyclic) bond motifs is 5. The summed E-state index contributed by atoms with van der Waals surface area (Å²) in [5, 5.41) is 10.3. The molecule has 1 N–H and O–H groups in total. The van der Waals surface area contributed by atoms with Crippen LogP contribution in [0, 0.1) is 46.3 Å². The van der Waals surface area contributed by atoms with Crippen LogP contribution in [0.2, 0.25) is 0 Å². The van der Waals surface area contributed by atoms with Crippen molar-refractivity contribution in [3.8, 4) is 0 Å². The minimum Gasteiger partial charge on any atom is -0.393 e. The average Bonchev–Trinajstić information content (AvgIpc) is 3.28. The number of allylic oxidation sites excluding steroid dienone is 1. The van der Waals surface area contributed by atoms with Gasteiger partial charge in [0.05, 0.1) is 6.10 Å². The fourth-order valence-electron chi connectivity index (χ4n) is 10.6. The SMILES string of the molecule is C[C@@H](CCC(=O)N(C)C1CCC(C(=O)N(C)C)CC1)[C@H]1CC[C@H]2[C@@H]3CC=C4C[C@@H](O)CC[C@]4(C)[C@H]3CC[C@]12C. The highest BCUT2D eigenvalue weighted by Crippen LogP contribution is 2.67. The van der Waals surface area contributed by atoms with E-state index >= 15 is 0 Å². The summed E-state index contributed by atoms with van der Waals surface area (Å²) in [6, 6.07) is 0.286. The van der Waals surface area contributed by atoms with Crippen LogP contribution in [0.3, 0.4) is 0 Å². The van der Waals surface area contributed by atoms with Crippen LogP contribution in [0.4, 0.5) is 0 Å². The second-order valence-corrected chi connectivity index (χ2v) is 15.1. The summed E-state index contributed by atoms with van der Waals surface area (Å²) in [6.07, 6.45) is 17.4. The van der Waals surface area contributed by atoms with Gasteiger partial charge >= 0.3 is 0 Å². The van der Waals surface area contributed by atoms with Crippen molar-refractivity contribution in [1.29, 1.82) is 0 Å². The quantitative estimate of drug-likeness (QED) is 0.394. The van der Waals surface area contributed by atoms with Crippen molar-refractivity contribution in [2.45, 2.75) is 123 Å². The van der Waals surface area contributed by atoms with Crippen molar-refractivity contribution in [3.05, 3.63) is 11.6 Å². The van der Waals surface area contributed by atoms with E-state index in [0.717, 1.165) is 75.0 Å². The largest absolute Gasteiger partial charge is 0.393 e. The molecule has 5 rings (SSSR count). The Morgan fingerprint density at radius 2 is 1.69 bits per heavy atom. The zero-order chi connectivity index (χ0) is 28.1. The Morgan fingerprint density at radius 3 is 2.38 bits per heavy atom. The number of aliphatic hydroxyl groups excluding tert-OH is 1. The first kappa shape index (κ1) is 29.1. The maximum Gasteiger partial charge on any atom is 0.225 e. The van der Waals surface area contributed by atoms with Crippen molar-refractivity contribution in [3.63, 3.8) is 0 Å². The van der Waals surface area contributed by atoms with E-state index in [9.17, 15) is 14.7 Å². The molecular formula is C34H56N2O3. The molecule has 220 valence electrons. The predicted molar refractivity (Wildman–Crippen MR) is 157 cm³/mol. The number of amides is 2. The lowest BCUT2D eigenvalue weighted by Crippen LogP contribution is -2.50. The molecule has 4 fully saturated rings. The van der Waals surface area contributed by atoms with Gasteiger partial charge in [-0.2, -0.15) is 0 Å². The normalized spacial score (nSPS) is 42.4. The number of carbonyl (C=O) groups is 2. The highest BCUT2D eigenvalue weighted by atomic mass is 16.3. The molecule has 0 aromatic heterocycles. The summed E-state index contributed by atoms with van der Waals surface area (Å²) < 4.78 is 0. The van der Waals surface area contributed by atoms with Crippen LogP contribution in [0.25, 0.3) is 0 Å². The summed E-state index contributed by atoms with van der Waals surface area (Å²) >= 11 is 0. The molecule has 0 saturated heterocycles. The van der Waals surface area contributed by atoms with Crippen molar-refractivity contribution < 1.29 is 14.7 Å². The lowest BCUT2D eigenvalue weighted by atomic mass is 9.47. The van der Waals surface area contributed by atoms with Gasteiger partial charge in [0.15, 0.2) is 0 Å². The maximum atomic E-state index is 13.3. The van der Waals surface area contributed by atoms with Gasteiger partial charge in [-0.25, -0.2) is 0 Å². The molecule has 0 aromatic rings. The van der Waals surface area contributed by atoms with Crippen molar-refractivity contribution >= 4 is 11.8 Å². The third-order valence-corrected chi connectivity index (χ3v) is 13.1. The second-order valence-electron chi connectivity index (χ2n) is 15.1. The number of nitrogens with zero attached hydrogens (tertiary/aromatic N) is 2. The Kier molecular flexibility index (Phi) is 8.32. The van der Waals surface area contributed by atoms with Crippen molar-refractivity contribution in [2.75, 3.05) is 21.1 Å². The van der Waals surface area contributed by atoms with E-state index in [-0.39, 0.29) is 24.0 Å². The van der Waals surface area contributed by atoms with Gasteiger partial charge in [-0.3, -0.25) is 9.59 Å². The number of hydrogen-bond acceptors (Lipinski definition) is 3.